The maximum atomic E-state index is 14.2. The number of amides is 2. The second-order valence-corrected chi connectivity index (χ2v) is 11.9. The van der Waals surface area contributed by atoms with Crippen LogP contribution in [-0.4, -0.2) is 63.7 Å². The highest BCUT2D eigenvalue weighted by atomic mass is 32.2. The van der Waals surface area contributed by atoms with Gasteiger partial charge in [-0.05, 0) is 42.2 Å². The zero-order valence-corrected chi connectivity index (χ0v) is 24.5. The number of carbonyl (C=O) groups excluding carboxylic acids is 2. The number of nitrogens with one attached hydrogen (secondary N) is 1. The minimum absolute atomic E-state index is 0.140. The van der Waals surface area contributed by atoms with Crippen LogP contribution in [0.5, 0.6) is 11.5 Å². The molecule has 1 aliphatic rings. The Kier molecular flexibility index (Phi) is 9.88. The average molecular weight is 580 g/mol. The lowest BCUT2D eigenvalue weighted by molar-refractivity contribution is -0.140. The van der Waals surface area contributed by atoms with Crippen LogP contribution in [0.2, 0.25) is 0 Å². The molecule has 218 valence electrons. The highest BCUT2D eigenvalue weighted by Gasteiger charge is 2.33. The number of fused-ring (bicyclic) bond motifs is 1. The van der Waals surface area contributed by atoms with E-state index in [2.05, 4.69) is 5.32 Å². The van der Waals surface area contributed by atoms with Crippen LogP contribution in [0, 0.1) is 6.92 Å². The van der Waals surface area contributed by atoms with Crippen molar-refractivity contribution in [3.8, 4) is 11.5 Å². The van der Waals surface area contributed by atoms with E-state index in [0.29, 0.717) is 31.3 Å². The molecular weight excluding hydrogens is 542 g/mol. The fourth-order valence-electron chi connectivity index (χ4n) is 4.69. The number of rotatable bonds is 12. The Morgan fingerprint density at radius 2 is 1.63 bits per heavy atom. The monoisotopic (exact) mass is 579 g/mol. The molecule has 1 aliphatic heterocycles. The number of benzene rings is 3. The second kappa shape index (κ2) is 13.5. The molecule has 0 radical (unpaired) electrons. The zero-order valence-electron chi connectivity index (χ0n) is 23.7. The van der Waals surface area contributed by atoms with Crippen LogP contribution >= 0.6 is 0 Å². The Balaban J connectivity index is 1.73. The van der Waals surface area contributed by atoms with Crippen molar-refractivity contribution in [1.29, 1.82) is 0 Å². The van der Waals surface area contributed by atoms with Gasteiger partial charge in [-0.15, -0.1) is 0 Å². The van der Waals surface area contributed by atoms with Gasteiger partial charge in [0.15, 0.2) is 11.5 Å². The van der Waals surface area contributed by atoms with Crippen molar-refractivity contribution in [1.82, 2.24) is 10.2 Å². The maximum absolute atomic E-state index is 14.2. The second-order valence-electron chi connectivity index (χ2n) is 10.0. The van der Waals surface area contributed by atoms with Gasteiger partial charge < -0.3 is 19.7 Å². The first kappa shape index (κ1) is 29.9. The summed E-state index contributed by atoms with van der Waals surface area (Å²) >= 11 is 0. The van der Waals surface area contributed by atoms with Crippen molar-refractivity contribution in [3.05, 3.63) is 89.5 Å². The molecule has 0 saturated heterocycles. The zero-order chi connectivity index (χ0) is 29.4. The smallest absolute Gasteiger partial charge is 0.244 e. The Labute approximate surface area is 242 Å². The molecular formula is C31H37N3O6S. The van der Waals surface area contributed by atoms with Crippen molar-refractivity contribution in [2.75, 3.05) is 36.9 Å². The summed E-state index contributed by atoms with van der Waals surface area (Å²) < 4.78 is 38.3. The Hall–Kier alpha value is -4.05. The van der Waals surface area contributed by atoms with Crippen molar-refractivity contribution < 1.29 is 27.5 Å². The molecule has 3 aromatic carbocycles. The van der Waals surface area contributed by atoms with Gasteiger partial charge in [0.2, 0.25) is 21.8 Å². The third-order valence-corrected chi connectivity index (χ3v) is 8.06. The van der Waals surface area contributed by atoms with Crippen molar-refractivity contribution >= 4 is 27.5 Å². The van der Waals surface area contributed by atoms with E-state index in [9.17, 15) is 18.0 Å². The van der Waals surface area contributed by atoms with Crippen LogP contribution in [0.15, 0.2) is 72.8 Å². The van der Waals surface area contributed by atoms with Crippen LogP contribution in [0.25, 0.3) is 0 Å². The quantitative estimate of drug-likeness (QED) is 0.351. The average Bonchev–Trinajstić information content (AvgIpc) is 2.97. The summed E-state index contributed by atoms with van der Waals surface area (Å²) in [5.41, 5.74) is 2.99. The normalized spacial score (nSPS) is 13.2. The van der Waals surface area contributed by atoms with E-state index in [1.807, 2.05) is 68.4 Å². The number of anilines is 1. The molecule has 0 fully saturated rings. The van der Waals surface area contributed by atoms with Crippen LogP contribution in [0.3, 0.4) is 0 Å². The SMILES string of the molecule is CCCNC(=O)[C@@H](Cc1ccccc1)N(Cc1ccccc1C)C(=O)CN(c1ccc2c(c1)OCCO2)S(C)(=O)=O. The number of hydrogen-bond donors (Lipinski definition) is 1. The fraction of sp³-hybridized carbons (Fsp3) is 0.355. The molecule has 0 aromatic heterocycles. The van der Waals surface area contributed by atoms with E-state index in [0.717, 1.165) is 33.7 Å². The number of sulfonamides is 1. The molecule has 9 nitrogen and oxygen atoms in total. The third kappa shape index (κ3) is 7.79. The third-order valence-electron chi connectivity index (χ3n) is 6.92. The largest absolute Gasteiger partial charge is 0.486 e. The summed E-state index contributed by atoms with van der Waals surface area (Å²) in [5.74, 6) is 0.132. The molecule has 0 spiro atoms. The van der Waals surface area contributed by atoms with Crippen LogP contribution in [-0.2, 0) is 32.6 Å². The Morgan fingerprint density at radius 1 is 0.951 bits per heavy atom. The van der Waals surface area contributed by atoms with Gasteiger partial charge in [0.25, 0.3) is 0 Å². The van der Waals surface area contributed by atoms with E-state index in [1.54, 1.807) is 18.2 Å². The molecule has 4 rings (SSSR count). The highest BCUT2D eigenvalue weighted by Crippen LogP contribution is 2.34. The summed E-state index contributed by atoms with van der Waals surface area (Å²) in [5, 5.41) is 2.94. The summed E-state index contributed by atoms with van der Waals surface area (Å²) in [4.78, 5) is 29.2. The number of carbonyl (C=O) groups is 2. The maximum Gasteiger partial charge on any atom is 0.244 e. The number of aryl methyl sites for hydroxylation is 1. The van der Waals surface area contributed by atoms with Gasteiger partial charge in [-0.1, -0.05) is 61.5 Å². The molecule has 1 N–H and O–H groups in total. The molecule has 1 atom stereocenters. The van der Waals surface area contributed by atoms with Gasteiger partial charge in [0.05, 0.1) is 11.9 Å². The van der Waals surface area contributed by atoms with Gasteiger partial charge in [-0.3, -0.25) is 13.9 Å². The molecule has 3 aromatic rings. The Morgan fingerprint density at radius 3 is 2.32 bits per heavy atom. The molecule has 0 unspecified atom stereocenters. The first-order chi connectivity index (χ1) is 19.7. The Bertz CT molecular complexity index is 1460. The van der Waals surface area contributed by atoms with Crippen LogP contribution in [0.1, 0.15) is 30.0 Å². The van der Waals surface area contributed by atoms with Crippen molar-refractivity contribution in [2.45, 2.75) is 39.3 Å². The van der Waals surface area contributed by atoms with E-state index in [1.165, 1.54) is 4.90 Å². The predicted octanol–water partition coefficient (Wildman–Crippen LogP) is 3.70. The minimum atomic E-state index is -3.88. The van der Waals surface area contributed by atoms with Crippen molar-refractivity contribution in [2.24, 2.45) is 0 Å². The number of hydrogen-bond acceptors (Lipinski definition) is 6. The van der Waals surface area contributed by atoms with E-state index >= 15 is 0 Å². The molecule has 41 heavy (non-hydrogen) atoms. The van der Waals surface area contributed by atoms with Crippen LogP contribution < -0.4 is 19.1 Å². The van der Waals surface area contributed by atoms with Crippen molar-refractivity contribution in [3.63, 3.8) is 0 Å². The predicted molar refractivity (Wildman–Crippen MR) is 159 cm³/mol. The van der Waals surface area contributed by atoms with Gasteiger partial charge >= 0.3 is 0 Å². The van der Waals surface area contributed by atoms with Gasteiger partial charge in [0.1, 0.15) is 25.8 Å². The summed E-state index contributed by atoms with van der Waals surface area (Å²) in [7, 11) is -3.88. The highest BCUT2D eigenvalue weighted by molar-refractivity contribution is 7.92. The summed E-state index contributed by atoms with van der Waals surface area (Å²) in [6.45, 7) is 4.75. The summed E-state index contributed by atoms with van der Waals surface area (Å²) in [6.07, 6.45) is 2.07. The molecule has 0 saturated carbocycles. The van der Waals surface area contributed by atoms with E-state index < -0.39 is 28.5 Å². The lowest BCUT2D eigenvalue weighted by atomic mass is 10.0. The molecule has 0 aliphatic carbocycles. The van der Waals surface area contributed by atoms with Gasteiger partial charge in [-0.25, -0.2) is 8.42 Å². The number of ether oxygens (including phenoxy) is 2. The first-order valence-electron chi connectivity index (χ1n) is 13.7. The topological polar surface area (TPSA) is 105 Å². The van der Waals surface area contributed by atoms with E-state index in [-0.39, 0.29) is 24.6 Å². The fourth-order valence-corrected chi connectivity index (χ4v) is 5.53. The molecule has 1 heterocycles. The van der Waals surface area contributed by atoms with Gasteiger partial charge in [0, 0.05) is 25.6 Å². The molecule has 0 bridgehead atoms. The lowest BCUT2D eigenvalue weighted by Gasteiger charge is -2.34. The standard InChI is InChI=1S/C31H37N3O6S/c1-4-16-32-31(36)27(19-24-11-6-5-7-12-24)33(21-25-13-9-8-10-23(25)2)30(35)22-34(41(3,37)38)26-14-15-28-29(20-26)40-18-17-39-28/h5-15,20,27H,4,16-19,21-22H2,1-3H3,(H,32,36)/t27-/m1/s1. The molecule has 2 amide bonds. The summed E-state index contributed by atoms with van der Waals surface area (Å²) in [6, 6.07) is 21.0. The van der Waals surface area contributed by atoms with Gasteiger partial charge in [-0.2, -0.15) is 0 Å². The van der Waals surface area contributed by atoms with Crippen LogP contribution in [0.4, 0.5) is 5.69 Å². The molecule has 10 heteroatoms. The lowest BCUT2D eigenvalue weighted by Crippen LogP contribution is -2.53. The first-order valence-corrected chi connectivity index (χ1v) is 15.5. The minimum Gasteiger partial charge on any atom is -0.486 e. The van der Waals surface area contributed by atoms with E-state index in [4.69, 9.17) is 9.47 Å². The number of nitrogens with zero attached hydrogens (tertiary/aromatic N) is 2.